The minimum atomic E-state index is -4.47. The van der Waals surface area contributed by atoms with E-state index in [1.165, 1.54) is 5.56 Å². The summed E-state index contributed by atoms with van der Waals surface area (Å²) in [6.07, 6.45) is 2.51. The topological polar surface area (TPSA) is 77.5 Å². The van der Waals surface area contributed by atoms with Crippen LogP contribution in [-0.4, -0.2) is 75.1 Å². The second-order valence-corrected chi connectivity index (χ2v) is 9.14. The van der Waals surface area contributed by atoms with Gasteiger partial charge in [0, 0.05) is 75.6 Å². The largest absolute Gasteiger partial charge is 0.419 e. The lowest BCUT2D eigenvalue weighted by Crippen LogP contribution is -2.62. The summed E-state index contributed by atoms with van der Waals surface area (Å²) in [6.45, 7) is 7.48. The Bertz CT molecular complexity index is 937. The molecule has 8 nitrogen and oxygen atoms in total. The van der Waals surface area contributed by atoms with Crippen molar-refractivity contribution < 1.29 is 18.0 Å². The first-order valence-electron chi connectivity index (χ1n) is 11.5. The highest BCUT2D eigenvalue weighted by Gasteiger charge is 2.36. The number of nitrogens with zero attached hydrogens (tertiary/aromatic N) is 6. The number of alkyl halides is 3. The summed E-state index contributed by atoms with van der Waals surface area (Å²) in [5.41, 5.74) is 0.359. The molecule has 0 bridgehead atoms. The molecular weight excluding hydrogens is 447 g/mol. The molecule has 2 saturated heterocycles. The van der Waals surface area contributed by atoms with E-state index in [4.69, 9.17) is 0 Å². The number of amides is 2. The van der Waals surface area contributed by atoms with Crippen LogP contribution < -0.4 is 10.2 Å². The van der Waals surface area contributed by atoms with Gasteiger partial charge in [-0.3, -0.25) is 9.88 Å². The van der Waals surface area contributed by atoms with Gasteiger partial charge in [-0.15, -0.1) is 0 Å². The number of aromatic nitrogens is 3. The Morgan fingerprint density at radius 2 is 1.65 bits per heavy atom. The zero-order valence-electron chi connectivity index (χ0n) is 19.4. The Balaban J connectivity index is 1.28. The zero-order valence-corrected chi connectivity index (χ0v) is 19.4. The number of likely N-dealkylation sites (tertiary alicyclic amines) is 1. The molecule has 0 unspecified atom stereocenters. The van der Waals surface area contributed by atoms with E-state index < -0.39 is 11.7 Å². The van der Waals surface area contributed by atoms with Crippen molar-refractivity contribution in [2.75, 3.05) is 31.1 Å². The number of urea groups is 1. The molecule has 184 valence electrons. The molecular formula is C23H30F3N7O. The number of hydrogen-bond donors (Lipinski definition) is 1. The summed E-state index contributed by atoms with van der Waals surface area (Å²) in [5, 5.41) is 3.19. The number of halogens is 3. The van der Waals surface area contributed by atoms with Crippen LogP contribution in [-0.2, 0) is 12.7 Å². The van der Waals surface area contributed by atoms with E-state index in [0.717, 1.165) is 44.9 Å². The third-order valence-electron chi connectivity index (χ3n) is 6.47. The third-order valence-corrected chi connectivity index (χ3v) is 6.47. The Morgan fingerprint density at radius 3 is 2.21 bits per heavy atom. The van der Waals surface area contributed by atoms with Gasteiger partial charge in [0.1, 0.15) is 0 Å². The maximum atomic E-state index is 13.1. The zero-order chi connectivity index (χ0) is 24.3. The Kier molecular flexibility index (Phi) is 7.20. The molecule has 0 aromatic carbocycles. The molecule has 2 aromatic heterocycles. The van der Waals surface area contributed by atoms with Crippen molar-refractivity contribution in [1.82, 2.24) is 30.1 Å². The summed E-state index contributed by atoms with van der Waals surface area (Å²) in [5.74, 6) is 0.244. The number of carbonyl (C=O) groups is 1. The van der Waals surface area contributed by atoms with Crippen LogP contribution in [0.4, 0.5) is 23.9 Å². The third kappa shape index (κ3) is 5.75. The molecule has 2 aliphatic rings. The maximum absolute atomic E-state index is 13.1. The van der Waals surface area contributed by atoms with E-state index in [0.29, 0.717) is 13.1 Å². The van der Waals surface area contributed by atoms with E-state index in [1.54, 1.807) is 12.4 Å². The highest BCUT2D eigenvalue weighted by molar-refractivity contribution is 5.75. The highest BCUT2D eigenvalue weighted by Crippen LogP contribution is 2.29. The van der Waals surface area contributed by atoms with Crippen molar-refractivity contribution in [1.29, 1.82) is 0 Å². The first kappa shape index (κ1) is 24.2. The van der Waals surface area contributed by atoms with Crippen molar-refractivity contribution in [3.05, 3.63) is 48.0 Å². The van der Waals surface area contributed by atoms with Crippen molar-refractivity contribution in [2.45, 2.75) is 57.5 Å². The lowest BCUT2D eigenvalue weighted by atomic mass is 10.0. The van der Waals surface area contributed by atoms with Crippen LogP contribution in [0.2, 0.25) is 0 Å². The molecule has 2 fully saturated rings. The van der Waals surface area contributed by atoms with Crippen LogP contribution >= 0.6 is 0 Å². The quantitative estimate of drug-likeness (QED) is 0.729. The highest BCUT2D eigenvalue weighted by atomic mass is 19.4. The molecule has 2 atom stereocenters. The van der Waals surface area contributed by atoms with Crippen LogP contribution in [0.25, 0.3) is 0 Å². The van der Waals surface area contributed by atoms with Crippen LogP contribution in [0.3, 0.4) is 0 Å². The summed E-state index contributed by atoms with van der Waals surface area (Å²) >= 11 is 0. The van der Waals surface area contributed by atoms with Gasteiger partial charge in [-0.25, -0.2) is 14.8 Å². The molecule has 0 saturated carbocycles. The lowest BCUT2D eigenvalue weighted by molar-refractivity contribution is -0.138. The van der Waals surface area contributed by atoms with Gasteiger partial charge < -0.3 is 15.1 Å². The van der Waals surface area contributed by atoms with Crippen molar-refractivity contribution >= 4 is 12.0 Å². The van der Waals surface area contributed by atoms with E-state index >= 15 is 0 Å². The normalized spacial score (nSPS) is 22.6. The van der Waals surface area contributed by atoms with Gasteiger partial charge in [-0.1, -0.05) is 0 Å². The molecule has 2 amide bonds. The fourth-order valence-corrected chi connectivity index (χ4v) is 4.75. The smallest absolute Gasteiger partial charge is 0.337 e. The van der Waals surface area contributed by atoms with Crippen LogP contribution in [0.15, 0.2) is 36.9 Å². The predicted octanol–water partition coefficient (Wildman–Crippen LogP) is 3.16. The second-order valence-electron chi connectivity index (χ2n) is 9.14. The van der Waals surface area contributed by atoms with Gasteiger partial charge in [0.25, 0.3) is 0 Å². The number of pyridine rings is 1. The second kappa shape index (κ2) is 10.1. The molecule has 0 aliphatic carbocycles. The fraction of sp³-hybridized carbons (Fsp3) is 0.565. The summed E-state index contributed by atoms with van der Waals surface area (Å²) in [4.78, 5) is 31.0. The molecule has 0 spiro atoms. The van der Waals surface area contributed by atoms with Gasteiger partial charge in [-0.05, 0) is 44.4 Å². The summed E-state index contributed by atoms with van der Waals surface area (Å²) < 4.78 is 38.4. The SMILES string of the molecule is C[C@@H]1CN(c2ncc(C(F)(F)F)cn2)C[C@H](C)N1C(=O)NC1CCN(Cc2ccncc2)CC1. The molecule has 34 heavy (non-hydrogen) atoms. The van der Waals surface area contributed by atoms with Crippen molar-refractivity contribution in [2.24, 2.45) is 0 Å². The van der Waals surface area contributed by atoms with Gasteiger partial charge in [0.15, 0.2) is 0 Å². The first-order valence-corrected chi connectivity index (χ1v) is 11.5. The Morgan fingerprint density at radius 1 is 1.06 bits per heavy atom. The molecule has 2 aromatic rings. The van der Waals surface area contributed by atoms with Gasteiger partial charge in [0.05, 0.1) is 5.56 Å². The standard InChI is InChI=1S/C23H30F3N7O/c1-16-13-32(21-28-11-19(12-29-21)23(24,25)26)14-17(2)33(16)22(34)30-20-5-9-31(10-6-20)15-18-3-7-27-8-4-18/h3-4,7-8,11-12,16-17,20H,5-6,9-10,13-15H2,1-2H3,(H,30,34)/t16-,17+. The van der Waals surface area contributed by atoms with Gasteiger partial charge in [-0.2, -0.15) is 13.2 Å². The number of anilines is 1. The van der Waals surface area contributed by atoms with E-state index in [2.05, 4.69) is 25.2 Å². The van der Waals surface area contributed by atoms with Gasteiger partial charge >= 0.3 is 12.2 Å². The minimum Gasteiger partial charge on any atom is -0.337 e. The van der Waals surface area contributed by atoms with E-state index in [-0.39, 0.29) is 30.1 Å². The molecule has 4 heterocycles. The Hall–Kier alpha value is -2.95. The predicted molar refractivity (Wildman–Crippen MR) is 121 cm³/mol. The average molecular weight is 478 g/mol. The maximum Gasteiger partial charge on any atom is 0.419 e. The number of piperazine rings is 1. The van der Waals surface area contributed by atoms with Crippen LogP contribution in [0.1, 0.15) is 37.8 Å². The lowest BCUT2D eigenvalue weighted by Gasteiger charge is -2.45. The van der Waals surface area contributed by atoms with Crippen LogP contribution in [0, 0.1) is 0 Å². The van der Waals surface area contributed by atoms with Crippen molar-refractivity contribution in [3.63, 3.8) is 0 Å². The van der Waals surface area contributed by atoms with E-state index in [1.807, 2.05) is 35.8 Å². The Labute approximate surface area is 197 Å². The molecule has 0 radical (unpaired) electrons. The summed E-state index contributed by atoms with van der Waals surface area (Å²) in [6, 6.07) is 3.79. The van der Waals surface area contributed by atoms with Crippen molar-refractivity contribution in [3.8, 4) is 0 Å². The number of piperidine rings is 1. The molecule has 4 rings (SSSR count). The number of hydrogen-bond acceptors (Lipinski definition) is 6. The first-order chi connectivity index (χ1) is 16.2. The number of nitrogens with one attached hydrogen (secondary N) is 1. The average Bonchev–Trinajstić information content (AvgIpc) is 2.80. The minimum absolute atomic E-state index is 0.0967. The van der Waals surface area contributed by atoms with E-state index in [9.17, 15) is 18.0 Å². The fourth-order valence-electron chi connectivity index (χ4n) is 4.75. The van der Waals surface area contributed by atoms with Gasteiger partial charge in [0.2, 0.25) is 5.95 Å². The number of carbonyl (C=O) groups excluding carboxylic acids is 1. The summed E-state index contributed by atoms with van der Waals surface area (Å²) in [7, 11) is 0. The molecule has 11 heteroatoms. The molecule has 2 aliphatic heterocycles. The monoisotopic (exact) mass is 477 g/mol. The molecule has 1 N–H and O–H groups in total. The van der Waals surface area contributed by atoms with Crippen LogP contribution in [0.5, 0.6) is 0 Å². The number of rotatable bonds is 4.